The van der Waals surface area contributed by atoms with Crippen LogP contribution in [0.5, 0.6) is 0 Å². The summed E-state index contributed by atoms with van der Waals surface area (Å²) in [6.07, 6.45) is 3.01. The lowest BCUT2D eigenvalue weighted by atomic mass is 10.2. The molecule has 0 spiro atoms. The van der Waals surface area contributed by atoms with Crippen LogP contribution in [0.4, 0.5) is 5.69 Å². The number of hydrogen-bond acceptors (Lipinski definition) is 3. The number of nitrogens with zero attached hydrogens (tertiary/aromatic N) is 1. The Hall–Kier alpha value is -3.34. The summed E-state index contributed by atoms with van der Waals surface area (Å²) in [7, 11) is 1.58. The number of rotatable bonds is 5. The number of aryl methyl sites for hydroxylation is 1. The van der Waals surface area contributed by atoms with Crippen LogP contribution < -0.4 is 5.32 Å². The first-order chi connectivity index (χ1) is 12.5. The molecule has 0 saturated carbocycles. The van der Waals surface area contributed by atoms with Crippen LogP contribution in [0.2, 0.25) is 0 Å². The minimum atomic E-state index is -0.274. The van der Waals surface area contributed by atoms with Crippen molar-refractivity contribution >= 4 is 34.5 Å². The number of nitrogens with one attached hydrogen (secondary N) is 1. The second-order valence-electron chi connectivity index (χ2n) is 6.13. The van der Waals surface area contributed by atoms with Gasteiger partial charge < -0.3 is 14.6 Å². The number of carbonyl (C=O) groups excluding carboxylic acids is 2. The van der Waals surface area contributed by atoms with Gasteiger partial charge in [0.2, 0.25) is 11.8 Å². The fourth-order valence-electron chi connectivity index (χ4n) is 2.50. The number of anilines is 1. The molecule has 0 saturated heterocycles. The third-order valence-corrected chi connectivity index (χ3v) is 3.93. The van der Waals surface area contributed by atoms with Gasteiger partial charge >= 0.3 is 0 Å². The van der Waals surface area contributed by atoms with Crippen LogP contribution in [0.15, 0.2) is 65.1 Å². The number of para-hydroxylation sites is 1. The molecule has 3 aromatic rings. The number of amides is 2. The highest BCUT2D eigenvalue weighted by Crippen LogP contribution is 2.19. The number of furan rings is 1. The summed E-state index contributed by atoms with van der Waals surface area (Å²) in [5.74, 6) is 0.0726. The smallest absolute Gasteiger partial charge is 0.246 e. The van der Waals surface area contributed by atoms with Crippen LogP contribution in [-0.4, -0.2) is 30.3 Å². The number of fused-ring (bicyclic) bond motifs is 1. The Kier molecular flexibility index (Phi) is 5.17. The molecule has 0 radical (unpaired) electrons. The van der Waals surface area contributed by atoms with E-state index in [1.54, 1.807) is 13.1 Å². The largest absolute Gasteiger partial charge is 0.457 e. The molecule has 0 unspecified atom stereocenters. The summed E-state index contributed by atoms with van der Waals surface area (Å²) in [5, 5.41) is 3.75. The molecule has 0 fully saturated rings. The topological polar surface area (TPSA) is 62.6 Å². The maximum absolute atomic E-state index is 12.2. The van der Waals surface area contributed by atoms with Gasteiger partial charge in [-0.15, -0.1) is 0 Å². The van der Waals surface area contributed by atoms with E-state index in [2.05, 4.69) is 5.32 Å². The standard InChI is InChI=1S/C21H20N2O3/c1-15-7-9-17(10-8-15)22-20(24)14-23(2)21(25)12-11-18-13-16-5-3-4-6-19(16)26-18/h3-13H,14H2,1-2H3,(H,22,24)/b12-11+. The normalized spacial score (nSPS) is 11.0. The average molecular weight is 348 g/mol. The van der Waals surface area contributed by atoms with E-state index in [4.69, 9.17) is 4.42 Å². The molecular weight excluding hydrogens is 328 g/mol. The first-order valence-corrected chi connectivity index (χ1v) is 8.29. The van der Waals surface area contributed by atoms with Crippen molar-refractivity contribution in [3.63, 3.8) is 0 Å². The van der Waals surface area contributed by atoms with Crippen molar-refractivity contribution in [1.82, 2.24) is 4.90 Å². The molecule has 3 rings (SSSR count). The van der Waals surface area contributed by atoms with Crippen LogP contribution >= 0.6 is 0 Å². The summed E-state index contributed by atoms with van der Waals surface area (Å²) in [4.78, 5) is 25.6. The van der Waals surface area contributed by atoms with Crippen molar-refractivity contribution in [1.29, 1.82) is 0 Å². The quantitative estimate of drug-likeness (QED) is 0.712. The summed E-state index contributed by atoms with van der Waals surface area (Å²) >= 11 is 0. The van der Waals surface area contributed by atoms with Crippen LogP contribution in [0.1, 0.15) is 11.3 Å². The summed E-state index contributed by atoms with van der Waals surface area (Å²) in [5.41, 5.74) is 2.59. The van der Waals surface area contributed by atoms with Gasteiger partial charge in [0, 0.05) is 24.2 Å². The molecule has 5 heteroatoms. The lowest BCUT2D eigenvalue weighted by Crippen LogP contribution is -2.33. The van der Waals surface area contributed by atoms with Crippen molar-refractivity contribution in [2.24, 2.45) is 0 Å². The minimum absolute atomic E-state index is 0.0306. The summed E-state index contributed by atoms with van der Waals surface area (Å²) in [6, 6.07) is 17.0. The molecule has 0 bridgehead atoms. The van der Waals surface area contributed by atoms with Gasteiger partial charge in [0.15, 0.2) is 0 Å². The molecule has 2 amide bonds. The van der Waals surface area contributed by atoms with Crippen LogP contribution in [0.3, 0.4) is 0 Å². The highest BCUT2D eigenvalue weighted by molar-refractivity contribution is 5.98. The average Bonchev–Trinajstić information content (AvgIpc) is 3.04. The predicted molar refractivity (Wildman–Crippen MR) is 103 cm³/mol. The maximum Gasteiger partial charge on any atom is 0.246 e. The zero-order valence-corrected chi connectivity index (χ0v) is 14.7. The van der Waals surface area contributed by atoms with E-state index >= 15 is 0 Å². The second-order valence-corrected chi connectivity index (χ2v) is 6.13. The van der Waals surface area contributed by atoms with Crippen molar-refractivity contribution in [2.45, 2.75) is 6.92 Å². The van der Waals surface area contributed by atoms with E-state index < -0.39 is 0 Å². The summed E-state index contributed by atoms with van der Waals surface area (Å²) < 4.78 is 5.63. The van der Waals surface area contributed by atoms with Gasteiger partial charge in [0.05, 0.1) is 6.54 Å². The van der Waals surface area contributed by atoms with Gasteiger partial charge in [-0.2, -0.15) is 0 Å². The highest BCUT2D eigenvalue weighted by atomic mass is 16.3. The van der Waals surface area contributed by atoms with Gasteiger partial charge in [-0.05, 0) is 37.3 Å². The Balaban J connectivity index is 1.56. The molecule has 26 heavy (non-hydrogen) atoms. The maximum atomic E-state index is 12.2. The zero-order chi connectivity index (χ0) is 18.5. The molecule has 0 atom stereocenters. The third-order valence-electron chi connectivity index (χ3n) is 3.93. The van der Waals surface area contributed by atoms with Crippen LogP contribution in [0.25, 0.3) is 17.0 Å². The summed E-state index contributed by atoms with van der Waals surface area (Å²) in [6.45, 7) is 1.95. The molecule has 2 aromatic carbocycles. The first kappa shape index (κ1) is 17.5. The first-order valence-electron chi connectivity index (χ1n) is 8.29. The molecule has 1 heterocycles. The molecule has 0 aliphatic heterocycles. The molecule has 0 aliphatic carbocycles. The Bertz CT molecular complexity index is 922. The van der Waals surface area contributed by atoms with Gasteiger partial charge in [-0.1, -0.05) is 35.9 Å². The van der Waals surface area contributed by atoms with Crippen molar-refractivity contribution in [3.05, 3.63) is 72.0 Å². The molecule has 1 aromatic heterocycles. The van der Waals surface area contributed by atoms with Crippen LogP contribution in [0, 0.1) is 6.92 Å². The van der Waals surface area contributed by atoms with E-state index in [1.165, 1.54) is 11.0 Å². The Labute approximate surface area is 151 Å². The second kappa shape index (κ2) is 7.70. The minimum Gasteiger partial charge on any atom is -0.457 e. The zero-order valence-electron chi connectivity index (χ0n) is 14.7. The van der Waals surface area contributed by atoms with E-state index in [9.17, 15) is 9.59 Å². The molecule has 132 valence electrons. The Morgan fingerprint density at radius 2 is 1.85 bits per heavy atom. The van der Waals surface area contributed by atoms with E-state index in [-0.39, 0.29) is 18.4 Å². The van der Waals surface area contributed by atoms with E-state index in [0.29, 0.717) is 11.4 Å². The number of hydrogen-bond donors (Lipinski definition) is 1. The lowest BCUT2D eigenvalue weighted by molar-refractivity contribution is -0.129. The molecule has 1 N–H and O–H groups in total. The van der Waals surface area contributed by atoms with Gasteiger partial charge in [0.1, 0.15) is 11.3 Å². The molecule has 5 nitrogen and oxygen atoms in total. The van der Waals surface area contributed by atoms with E-state index in [0.717, 1.165) is 16.5 Å². The monoisotopic (exact) mass is 348 g/mol. The molecule has 0 aliphatic rings. The van der Waals surface area contributed by atoms with Gasteiger partial charge in [0.25, 0.3) is 0 Å². The van der Waals surface area contributed by atoms with Gasteiger partial charge in [-0.25, -0.2) is 0 Å². The lowest BCUT2D eigenvalue weighted by Gasteiger charge is -2.14. The fraction of sp³-hybridized carbons (Fsp3) is 0.143. The number of carbonyl (C=O) groups is 2. The SMILES string of the molecule is Cc1ccc(NC(=O)CN(C)C(=O)/C=C/c2cc3ccccc3o2)cc1. The van der Waals surface area contributed by atoms with Crippen molar-refractivity contribution in [3.8, 4) is 0 Å². The molecular formula is C21H20N2O3. The number of likely N-dealkylation sites (N-methyl/N-ethyl adjacent to an activating group) is 1. The number of benzene rings is 2. The van der Waals surface area contributed by atoms with E-state index in [1.807, 2.05) is 61.5 Å². The Morgan fingerprint density at radius 1 is 1.12 bits per heavy atom. The van der Waals surface area contributed by atoms with Crippen molar-refractivity contribution < 1.29 is 14.0 Å². The fourth-order valence-corrected chi connectivity index (χ4v) is 2.50. The van der Waals surface area contributed by atoms with Gasteiger partial charge in [-0.3, -0.25) is 9.59 Å². The van der Waals surface area contributed by atoms with Crippen molar-refractivity contribution in [2.75, 3.05) is 18.9 Å². The third kappa shape index (κ3) is 4.39. The van der Waals surface area contributed by atoms with Crippen LogP contribution in [-0.2, 0) is 9.59 Å². The predicted octanol–water partition coefficient (Wildman–Crippen LogP) is 3.85. The highest BCUT2D eigenvalue weighted by Gasteiger charge is 2.11. The Morgan fingerprint density at radius 3 is 2.58 bits per heavy atom.